The van der Waals surface area contributed by atoms with Crippen LogP contribution in [0.5, 0.6) is 0 Å². The monoisotopic (exact) mass is 388 g/mol. The molecule has 2 rings (SSSR count). The van der Waals surface area contributed by atoms with Gasteiger partial charge >= 0.3 is 5.97 Å². The lowest BCUT2D eigenvalue weighted by Gasteiger charge is -2.08. The average Bonchev–Trinajstić information content (AvgIpc) is 2.51. The molecule has 0 unspecified atom stereocenters. The molecule has 2 aromatic carbocycles. The number of hydrogen-bond acceptors (Lipinski definition) is 5. The number of benzene rings is 2. The molecule has 0 fully saturated rings. The topological polar surface area (TPSA) is 77.5 Å². The molecule has 9 heteroatoms. The van der Waals surface area contributed by atoms with E-state index in [1.165, 1.54) is 12.1 Å². The zero-order chi connectivity index (χ0) is 18.8. The molecule has 0 saturated heterocycles. The van der Waals surface area contributed by atoms with Crippen molar-refractivity contribution in [1.29, 1.82) is 0 Å². The van der Waals surface area contributed by atoms with Crippen molar-refractivity contribution in [3.8, 4) is 0 Å². The van der Waals surface area contributed by atoms with Gasteiger partial charge in [0, 0.05) is 6.26 Å². The molecule has 0 heterocycles. The molecule has 132 valence electrons. The summed E-state index contributed by atoms with van der Waals surface area (Å²) in [6.45, 7) is -0.934. The summed E-state index contributed by atoms with van der Waals surface area (Å²) < 4.78 is 54.7. The van der Waals surface area contributed by atoms with Gasteiger partial charge in [0.2, 0.25) is 5.78 Å². The fraction of sp³-hybridized carbons (Fsp3) is 0.125. The normalized spacial score (nSPS) is 11.2. The molecule has 0 atom stereocenters. The summed E-state index contributed by atoms with van der Waals surface area (Å²) >= 11 is 5.82. The smallest absolute Gasteiger partial charge is 0.340 e. The molecule has 0 aliphatic heterocycles. The SMILES string of the molecule is CS(=O)(=O)c1ccc(Cl)c(C(=O)OCC(=O)c2c(F)cccc2F)c1. The maximum atomic E-state index is 13.5. The highest BCUT2D eigenvalue weighted by Crippen LogP contribution is 2.22. The Hall–Kier alpha value is -2.32. The molecule has 2 aromatic rings. The van der Waals surface area contributed by atoms with Crippen LogP contribution in [0.1, 0.15) is 20.7 Å². The number of rotatable bonds is 5. The summed E-state index contributed by atoms with van der Waals surface area (Å²) in [7, 11) is -3.59. The van der Waals surface area contributed by atoms with E-state index in [4.69, 9.17) is 16.3 Å². The van der Waals surface area contributed by atoms with Crippen LogP contribution in [0.15, 0.2) is 41.3 Å². The Bertz CT molecular complexity index is 937. The summed E-state index contributed by atoms with van der Waals surface area (Å²) in [6.07, 6.45) is 0.940. The minimum Gasteiger partial charge on any atom is -0.454 e. The van der Waals surface area contributed by atoms with Crippen LogP contribution in [0.2, 0.25) is 5.02 Å². The maximum absolute atomic E-state index is 13.5. The van der Waals surface area contributed by atoms with Gasteiger partial charge in [-0.25, -0.2) is 22.0 Å². The van der Waals surface area contributed by atoms with Crippen LogP contribution in [0.4, 0.5) is 8.78 Å². The quantitative estimate of drug-likeness (QED) is 0.581. The molecule has 25 heavy (non-hydrogen) atoms. The van der Waals surface area contributed by atoms with E-state index in [9.17, 15) is 26.8 Å². The zero-order valence-electron chi connectivity index (χ0n) is 12.8. The van der Waals surface area contributed by atoms with E-state index in [0.717, 1.165) is 30.5 Å². The Balaban J connectivity index is 2.20. The number of carbonyl (C=O) groups is 2. The maximum Gasteiger partial charge on any atom is 0.340 e. The van der Waals surface area contributed by atoms with Crippen LogP contribution in [0.25, 0.3) is 0 Å². The van der Waals surface area contributed by atoms with Crippen LogP contribution in [-0.4, -0.2) is 33.0 Å². The third-order valence-electron chi connectivity index (χ3n) is 3.16. The van der Waals surface area contributed by atoms with Crippen molar-refractivity contribution in [3.05, 3.63) is 64.2 Å². The molecule has 0 N–H and O–H groups in total. The lowest BCUT2D eigenvalue weighted by molar-refractivity contribution is 0.0472. The Kier molecular flexibility index (Phi) is 5.54. The Labute approximate surface area is 147 Å². The van der Waals surface area contributed by atoms with Crippen LogP contribution in [-0.2, 0) is 14.6 Å². The first-order valence-electron chi connectivity index (χ1n) is 6.75. The molecule has 0 aliphatic carbocycles. The number of sulfone groups is 1. The summed E-state index contributed by atoms with van der Waals surface area (Å²) in [6, 6.07) is 6.26. The van der Waals surface area contributed by atoms with Gasteiger partial charge in [0.25, 0.3) is 0 Å². The average molecular weight is 389 g/mol. The summed E-state index contributed by atoms with van der Waals surface area (Å²) in [5.74, 6) is -4.35. The minimum atomic E-state index is -3.59. The highest BCUT2D eigenvalue weighted by atomic mass is 35.5. The number of ether oxygens (including phenoxy) is 1. The third kappa shape index (κ3) is 4.40. The van der Waals surface area contributed by atoms with E-state index in [-0.39, 0.29) is 15.5 Å². The van der Waals surface area contributed by atoms with E-state index < -0.39 is 45.4 Å². The molecule has 0 spiro atoms. The number of Topliss-reactive ketones (excluding diaryl/α,β-unsaturated/α-hetero) is 1. The predicted octanol–water partition coefficient (Wildman–Crippen LogP) is 3.06. The molecule has 0 radical (unpaired) electrons. The van der Waals surface area contributed by atoms with Gasteiger partial charge in [-0.3, -0.25) is 4.79 Å². The molecule has 0 amide bonds. The molecule has 0 bridgehead atoms. The fourth-order valence-corrected chi connectivity index (χ4v) is 2.78. The van der Waals surface area contributed by atoms with E-state index in [0.29, 0.717) is 0 Å². The first kappa shape index (κ1) is 19.0. The number of hydrogen-bond donors (Lipinski definition) is 0. The van der Waals surface area contributed by atoms with Crippen molar-refractivity contribution < 1.29 is 31.5 Å². The van der Waals surface area contributed by atoms with Gasteiger partial charge < -0.3 is 4.74 Å². The summed E-state index contributed by atoms with van der Waals surface area (Å²) in [5, 5.41) is -0.0954. The van der Waals surface area contributed by atoms with Gasteiger partial charge in [-0.15, -0.1) is 0 Å². The lowest BCUT2D eigenvalue weighted by Crippen LogP contribution is -2.17. The van der Waals surface area contributed by atoms with Crippen molar-refractivity contribution in [3.63, 3.8) is 0 Å². The molecule has 0 aromatic heterocycles. The van der Waals surface area contributed by atoms with Crippen LogP contribution < -0.4 is 0 Å². The van der Waals surface area contributed by atoms with E-state index >= 15 is 0 Å². The van der Waals surface area contributed by atoms with E-state index in [1.807, 2.05) is 0 Å². The number of ketones is 1. The Morgan fingerprint density at radius 1 is 1.12 bits per heavy atom. The highest BCUT2D eigenvalue weighted by molar-refractivity contribution is 7.90. The van der Waals surface area contributed by atoms with Gasteiger partial charge in [0.15, 0.2) is 16.4 Å². The number of halogens is 3. The molecule has 0 aliphatic rings. The van der Waals surface area contributed by atoms with Gasteiger partial charge in [-0.1, -0.05) is 17.7 Å². The first-order valence-corrected chi connectivity index (χ1v) is 9.02. The highest BCUT2D eigenvalue weighted by Gasteiger charge is 2.21. The van der Waals surface area contributed by atoms with E-state index in [2.05, 4.69) is 0 Å². The number of carbonyl (C=O) groups excluding carboxylic acids is 2. The van der Waals surface area contributed by atoms with Gasteiger partial charge in [-0.05, 0) is 30.3 Å². The summed E-state index contributed by atoms with van der Waals surface area (Å²) in [4.78, 5) is 23.7. The van der Waals surface area contributed by atoms with Crippen molar-refractivity contribution in [2.45, 2.75) is 4.90 Å². The van der Waals surface area contributed by atoms with Crippen LogP contribution >= 0.6 is 11.6 Å². The van der Waals surface area contributed by atoms with Gasteiger partial charge in [0.05, 0.1) is 21.0 Å². The van der Waals surface area contributed by atoms with Crippen molar-refractivity contribution in [2.75, 3.05) is 12.9 Å². The molecular weight excluding hydrogens is 378 g/mol. The molecule has 5 nitrogen and oxygen atoms in total. The minimum absolute atomic E-state index is 0.0954. The Morgan fingerprint density at radius 2 is 1.72 bits per heavy atom. The second-order valence-electron chi connectivity index (χ2n) is 5.01. The van der Waals surface area contributed by atoms with Crippen molar-refractivity contribution in [1.82, 2.24) is 0 Å². The van der Waals surface area contributed by atoms with Crippen LogP contribution in [0, 0.1) is 11.6 Å². The first-order chi connectivity index (χ1) is 11.6. The van der Waals surface area contributed by atoms with Crippen LogP contribution in [0.3, 0.4) is 0 Å². The summed E-state index contributed by atoms with van der Waals surface area (Å²) in [5.41, 5.74) is -1.11. The predicted molar refractivity (Wildman–Crippen MR) is 85.5 cm³/mol. The Morgan fingerprint density at radius 3 is 2.28 bits per heavy atom. The van der Waals surface area contributed by atoms with E-state index in [1.54, 1.807) is 0 Å². The fourth-order valence-electron chi connectivity index (χ4n) is 1.94. The molecular formula is C16H11ClF2O5S. The van der Waals surface area contributed by atoms with Crippen molar-refractivity contribution >= 4 is 33.2 Å². The second-order valence-corrected chi connectivity index (χ2v) is 7.43. The largest absolute Gasteiger partial charge is 0.454 e. The third-order valence-corrected chi connectivity index (χ3v) is 4.60. The van der Waals surface area contributed by atoms with Gasteiger partial charge in [-0.2, -0.15) is 0 Å². The number of esters is 1. The lowest BCUT2D eigenvalue weighted by atomic mass is 10.1. The van der Waals surface area contributed by atoms with Crippen molar-refractivity contribution in [2.24, 2.45) is 0 Å². The zero-order valence-corrected chi connectivity index (χ0v) is 14.3. The standard InChI is InChI=1S/C16H11ClF2O5S/c1-25(22,23)9-5-6-11(17)10(7-9)16(21)24-8-14(20)15-12(18)3-2-4-13(15)19/h2-7H,8H2,1H3. The molecule has 0 saturated carbocycles. The van der Waals surface area contributed by atoms with Gasteiger partial charge in [0.1, 0.15) is 11.6 Å². The second kappa shape index (κ2) is 7.28.